The van der Waals surface area contributed by atoms with E-state index in [2.05, 4.69) is 55.4 Å². The molecule has 4 heterocycles. The van der Waals surface area contributed by atoms with E-state index in [1.807, 2.05) is 0 Å². The third-order valence-electron chi connectivity index (χ3n) is 13.4. The molecule has 4 aliphatic heterocycles. The minimum Gasteiger partial charge on any atom is -0.870 e. The Morgan fingerprint density at radius 1 is 0.449 bits per heavy atom. The second-order valence-electron chi connectivity index (χ2n) is 20.9. The van der Waals surface area contributed by atoms with E-state index in [0.29, 0.717) is 52.9 Å². The number of hydrogen-bond acceptors (Lipinski definition) is 12. The summed E-state index contributed by atoms with van der Waals surface area (Å²) in [6.45, 7) is 27.0. The first-order valence-electron chi connectivity index (χ1n) is 27.6. The molecule has 4 unspecified atom stereocenters. The van der Waals surface area contributed by atoms with Gasteiger partial charge in [0.2, 0.25) is 0 Å². The molecule has 0 amide bonds. The number of unbranched alkanes of at least 4 members (excludes halogenated alkanes) is 8. The molecule has 0 bridgehead atoms. The van der Waals surface area contributed by atoms with Crippen molar-refractivity contribution < 1.29 is 63.2 Å². The van der Waals surface area contributed by atoms with Crippen LogP contribution in [0.3, 0.4) is 0 Å². The Morgan fingerprint density at radius 2 is 0.638 bits per heavy atom. The first-order valence-corrected chi connectivity index (χ1v) is 32.7. The Kier molecular flexibility index (Phi) is 40.4. The number of carbonyl (C=O) groups excluding carboxylic acids is 1. The zero-order valence-corrected chi connectivity index (χ0v) is 47.8. The van der Waals surface area contributed by atoms with Crippen molar-refractivity contribution in [2.45, 2.75) is 196 Å². The van der Waals surface area contributed by atoms with Crippen LogP contribution >= 0.6 is 14.5 Å². The standard InChI is InChI=1S/2C16H36P.2C11H18O6.H2O/c2*1-5-9-13-17(14-10-6-2,15-11-7-3)16-12-8-4;2*1-11(10(12)13,6-14-2-8-4-16-8)7-15-3-9-5-17-9;/h2*5-16H2,1-4H3;2*8-9H,2-7H2,1H3,(H,12,13);1H2/q2*+1;;;/p-2. The van der Waals surface area contributed by atoms with Crippen LogP contribution in [0.1, 0.15) is 172 Å². The number of carboxylic acids is 2. The summed E-state index contributed by atoms with van der Waals surface area (Å²) in [5.41, 5.74) is -2.13. The first kappa shape index (κ1) is 68.4. The molecule has 4 saturated heterocycles. The van der Waals surface area contributed by atoms with Gasteiger partial charge in [0.05, 0.1) is 140 Å². The molecule has 4 atom stereocenters. The predicted molar refractivity (Wildman–Crippen MR) is 285 cm³/mol. The van der Waals surface area contributed by atoms with Crippen LogP contribution in [0.15, 0.2) is 0 Å². The van der Waals surface area contributed by atoms with Crippen LogP contribution in [0, 0.1) is 10.8 Å². The number of aliphatic carboxylic acids is 2. The van der Waals surface area contributed by atoms with Crippen LogP contribution in [0.4, 0.5) is 0 Å². The summed E-state index contributed by atoms with van der Waals surface area (Å²) in [7, 11) is -1.12. The average Bonchev–Trinajstić information content (AvgIpc) is 4.08. The number of hydrogen-bond donors (Lipinski definition) is 1. The summed E-state index contributed by atoms with van der Waals surface area (Å²) in [6.07, 6.45) is 36.4. The second kappa shape index (κ2) is 40.8. The second-order valence-corrected chi connectivity index (χ2v) is 29.8. The van der Waals surface area contributed by atoms with Gasteiger partial charge in [-0.2, -0.15) is 0 Å². The largest absolute Gasteiger partial charge is 0.870 e. The molecular weight excluding hydrogens is 919 g/mol. The monoisotopic (exact) mass is 1030 g/mol. The van der Waals surface area contributed by atoms with Crippen molar-refractivity contribution in [3.05, 3.63) is 0 Å². The molecule has 0 aromatic carbocycles. The van der Waals surface area contributed by atoms with Crippen molar-refractivity contribution >= 4 is 26.5 Å². The Balaban J connectivity index is 0.000000889. The Morgan fingerprint density at radius 3 is 0.783 bits per heavy atom. The highest BCUT2D eigenvalue weighted by Gasteiger charge is 2.38. The third-order valence-corrected chi connectivity index (χ3v) is 23.5. The zero-order chi connectivity index (χ0) is 50.6. The van der Waals surface area contributed by atoms with Gasteiger partial charge in [0.1, 0.15) is 29.8 Å². The fraction of sp³-hybridized carbons (Fsp3) is 0.963. The molecule has 0 radical (unpaired) electrons. The van der Waals surface area contributed by atoms with Crippen molar-refractivity contribution in [2.75, 3.05) is 129 Å². The van der Waals surface area contributed by atoms with Gasteiger partial charge in [0, 0.05) is 14.5 Å². The van der Waals surface area contributed by atoms with E-state index in [-0.39, 0.29) is 56.3 Å². The van der Waals surface area contributed by atoms with Crippen LogP contribution in [0.5, 0.6) is 0 Å². The molecule has 0 aromatic rings. The van der Waals surface area contributed by atoms with Crippen molar-refractivity contribution in [3.63, 3.8) is 0 Å². The van der Waals surface area contributed by atoms with Gasteiger partial charge in [0.15, 0.2) is 0 Å². The van der Waals surface area contributed by atoms with Gasteiger partial charge >= 0.3 is 5.97 Å². The molecule has 0 spiro atoms. The smallest absolute Gasteiger partial charge is 0.314 e. The van der Waals surface area contributed by atoms with Gasteiger partial charge in [-0.1, -0.05) is 107 Å². The molecule has 4 rings (SSSR count). The Hall–Kier alpha value is -0.560. The van der Waals surface area contributed by atoms with Gasteiger partial charge in [-0.05, 0) is 65.2 Å². The Bertz CT molecular complexity index is 1030. The summed E-state index contributed by atoms with van der Waals surface area (Å²) < 4.78 is 41.2. The maximum Gasteiger partial charge on any atom is 0.314 e. The third kappa shape index (κ3) is 34.5. The minimum atomic E-state index is -1.16. The molecular formula is C54H108O13P2. The summed E-state index contributed by atoms with van der Waals surface area (Å²) in [5.74, 6) is -2.07. The minimum absolute atomic E-state index is 0. The van der Waals surface area contributed by atoms with Gasteiger partial charge < -0.3 is 58.4 Å². The van der Waals surface area contributed by atoms with E-state index in [4.69, 9.17) is 37.9 Å². The molecule has 0 aliphatic carbocycles. The summed E-state index contributed by atoms with van der Waals surface area (Å²) >= 11 is 0. The van der Waals surface area contributed by atoms with Crippen molar-refractivity contribution in [1.29, 1.82) is 0 Å². The molecule has 4 aliphatic rings. The summed E-state index contributed by atoms with van der Waals surface area (Å²) in [6, 6.07) is 0. The van der Waals surface area contributed by atoms with Crippen molar-refractivity contribution in [1.82, 2.24) is 0 Å². The molecule has 412 valence electrons. The maximum absolute atomic E-state index is 11.2. The van der Waals surface area contributed by atoms with Gasteiger partial charge in [-0.25, -0.2) is 0 Å². The lowest BCUT2D eigenvalue weighted by atomic mass is 9.93. The normalized spacial score (nSPS) is 20.6. The fourth-order valence-corrected chi connectivity index (χ4v) is 18.5. The highest BCUT2D eigenvalue weighted by atomic mass is 31.2. The van der Waals surface area contributed by atoms with Gasteiger partial charge in [0.25, 0.3) is 0 Å². The molecule has 0 saturated carbocycles. The summed E-state index contributed by atoms with van der Waals surface area (Å²) in [4.78, 5) is 22.3. The predicted octanol–water partition coefficient (Wildman–Crippen LogP) is 10.7. The molecule has 4 fully saturated rings. The van der Waals surface area contributed by atoms with E-state index >= 15 is 0 Å². The summed E-state index contributed by atoms with van der Waals surface area (Å²) in [5, 5.41) is 20.2. The van der Waals surface area contributed by atoms with Crippen LogP contribution < -0.4 is 5.11 Å². The Labute approximate surface area is 424 Å². The highest BCUT2D eigenvalue weighted by Crippen LogP contribution is 2.62. The lowest BCUT2D eigenvalue weighted by Gasteiger charge is -2.29. The van der Waals surface area contributed by atoms with Crippen LogP contribution in [-0.2, 0) is 47.5 Å². The quantitative estimate of drug-likeness (QED) is 0.0449. The van der Waals surface area contributed by atoms with Crippen LogP contribution in [-0.4, -0.2) is 176 Å². The van der Waals surface area contributed by atoms with E-state index in [1.165, 1.54) is 103 Å². The number of ether oxygens (including phenoxy) is 8. The van der Waals surface area contributed by atoms with Crippen molar-refractivity contribution in [3.8, 4) is 0 Å². The SMILES string of the molecule is CC(COCC1CO1)(COCC1CO1)C(=O)O.CC(COCC1CO1)(COCC1CO1)C(=O)[O-].CCCC[P+](CCCC)(CCCC)CCCC.CCCC[P+](CCCC)(CCCC)CCCC.[OH-]. The highest BCUT2D eigenvalue weighted by molar-refractivity contribution is 7.76. The van der Waals surface area contributed by atoms with E-state index < -0.39 is 37.3 Å². The number of carboxylic acid groups (broad SMARTS) is 2. The number of rotatable bonds is 42. The van der Waals surface area contributed by atoms with Gasteiger partial charge in [-0.15, -0.1) is 0 Å². The molecule has 69 heavy (non-hydrogen) atoms. The topological polar surface area (TPSA) is 194 Å². The lowest BCUT2D eigenvalue weighted by molar-refractivity contribution is -0.322. The number of epoxide rings is 4. The van der Waals surface area contributed by atoms with Crippen LogP contribution in [0.25, 0.3) is 0 Å². The molecule has 13 nitrogen and oxygen atoms in total. The van der Waals surface area contributed by atoms with E-state index in [1.54, 1.807) is 63.1 Å². The lowest BCUT2D eigenvalue weighted by Crippen LogP contribution is -2.47. The van der Waals surface area contributed by atoms with Crippen LogP contribution in [0.2, 0.25) is 0 Å². The number of carbonyl (C=O) groups is 2. The molecule has 2 N–H and O–H groups in total. The maximum atomic E-state index is 11.2. The molecule has 0 aromatic heterocycles. The van der Waals surface area contributed by atoms with Crippen molar-refractivity contribution in [2.24, 2.45) is 10.8 Å². The van der Waals surface area contributed by atoms with E-state index in [0.717, 1.165) is 0 Å². The average molecular weight is 1030 g/mol. The zero-order valence-electron chi connectivity index (χ0n) is 46.0. The molecule has 15 heteroatoms. The van der Waals surface area contributed by atoms with E-state index in [9.17, 15) is 19.8 Å². The first-order chi connectivity index (χ1) is 32.7. The fourth-order valence-electron chi connectivity index (χ4n) is 7.93. The van der Waals surface area contributed by atoms with Gasteiger partial charge in [-0.3, -0.25) is 4.79 Å².